The van der Waals surface area contributed by atoms with Crippen LogP contribution < -0.4 is 15.3 Å². The van der Waals surface area contributed by atoms with Crippen molar-refractivity contribution in [1.29, 1.82) is 0 Å². The summed E-state index contributed by atoms with van der Waals surface area (Å²) in [7, 11) is 0. The predicted octanol–water partition coefficient (Wildman–Crippen LogP) is -0.856. The molecule has 0 saturated carbocycles. The summed E-state index contributed by atoms with van der Waals surface area (Å²) < 4.78 is 8.19. The van der Waals surface area contributed by atoms with Crippen LogP contribution in [0.15, 0.2) is 0 Å². The van der Waals surface area contributed by atoms with Gasteiger partial charge in [0.1, 0.15) is 0 Å². The van der Waals surface area contributed by atoms with E-state index in [1.54, 1.807) is 41.5 Å². The molecule has 0 aromatic carbocycles. The molecule has 4 nitrogen and oxygen atoms in total. The van der Waals surface area contributed by atoms with Gasteiger partial charge < -0.3 is 15.3 Å². The molecule has 0 N–H and O–H groups in total. The molecule has 5 heteroatoms. The van der Waals surface area contributed by atoms with Crippen LogP contribution in [-0.2, 0) is 21.0 Å². The van der Waals surface area contributed by atoms with E-state index in [1.165, 1.54) is 0 Å². The minimum absolute atomic E-state index is 0.417. The van der Waals surface area contributed by atoms with Gasteiger partial charge in [-0.1, -0.05) is 41.5 Å². The van der Waals surface area contributed by atoms with Crippen LogP contribution in [0.1, 0.15) is 41.5 Å². The van der Waals surface area contributed by atoms with Gasteiger partial charge in [0, 0.05) is 0 Å². The Hall–Kier alpha value is 0.264. The van der Waals surface area contributed by atoms with E-state index in [0.29, 0.717) is 0 Å². The maximum absolute atomic E-state index is 9.53. The molecule has 0 aliphatic heterocycles. The van der Waals surface area contributed by atoms with Crippen molar-refractivity contribution in [2.45, 2.75) is 59.9 Å². The van der Waals surface area contributed by atoms with Crippen molar-refractivity contribution in [3.63, 3.8) is 0 Å². The first-order chi connectivity index (χ1) is 6.20. The molecule has 0 unspecified atom stereocenters. The Morgan fingerprint density at radius 1 is 0.643 bits per heavy atom. The Bertz CT molecular complexity index is 54.7. The van der Waals surface area contributed by atoms with Crippen LogP contribution >= 0.6 is 0 Å². The van der Waals surface area contributed by atoms with Crippen molar-refractivity contribution < 1.29 is 36.4 Å². The topological polar surface area (TPSA) is 86.2 Å². The summed E-state index contributed by atoms with van der Waals surface area (Å²) in [4.78, 5) is 0. The summed E-state index contributed by atoms with van der Waals surface area (Å²) in [5.74, 6) is 0. The molecule has 0 fully saturated rings. The van der Waals surface area contributed by atoms with Gasteiger partial charge in [0.25, 0.3) is 0 Å². The Labute approximate surface area is 96.6 Å². The summed E-state index contributed by atoms with van der Waals surface area (Å²) in [6.45, 7) is 9.67. The molecule has 0 heterocycles. The molecule has 0 spiro atoms. The summed E-state index contributed by atoms with van der Waals surface area (Å²) in [5.41, 5.74) is 0. The molecule has 0 saturated heterocycles. The summed E-state index contributed by atoms with van der Waals surface area (Å²) in [6.07, 6.45) is -1.25. The Morgan fingerprint density at radius 3 is 0.643 bits per heavy atom. The minimum atomic E-state index is -0.417. The summed E-state index contributed by atoms with van der Waals surface area (Å²) in [5, 5.41) is 28.6. The molecule has 0 rings (SSSR count). The van der Waals surface area contributed by atoms with E-state index in [0.717, 1.165) is 17.4 Å². The zero-order valence-corrected chi connectivity index (χ0v) is 11.2. The van der Waals surface area contributed by atoms with Crippen LogP contribution in [0.4, 0.5) is 0 Å². The van der Waals surface area contributed by atoms with Gasteiger partial charge in [0.2, 0.25) is 0 Å². The molecule has 0 aromatic rings. The Morgan fingerprint density at radius 2 is 0.643 bits per heavy atom. The summed E-state index contributed by atoms with van der Waals surface area (Å²) in [6, 6.07) is 0. The Balaban J connectivity index is -0.0000000492. The Kier molecular flexibility index (Phi) is 39.6. The second-order valence-electron chi connectivity index (χ2n) is 3.15. The van der Waals surface area contributed by atoms with Gasteiger partial charge in [-0.15, -0.1) is 18.3 Å². The van der Waals surface area contributed by atoms with Gasteiger partial charge in [-0.3, -0.25) is 0 Å². The molecule has 0 atom stereocenters. The van der Waals surface area contributed by atoms with Crippen molar-refractivity contribution in [2.75, 3.05) is 0 Å². The van der Waals surface area contributed by atoms with E-state index in [2.05, 4.69) is 0 Å². The van der Waals surface area contributed by atoms with Crippen molar-refractivity contribution in [2.24, 2.45) is 0 Å². The van der Waals surface area contributed by atoms with E-state index in [9.17, 15) is 15.3 Å². The van der Waals surface area contributed by atoms with Crippen molar-refractivity contribution in [3.05, 3.63) is 0 Å². The third-order valence-electron chi connectivity index (χ3n) is 0. The first-order valence-corrected chi connectivity index (χ1v) is 4.92. The van der Waals surface area contributed by atoms with Crippen LogP contribution in [0.2, 0.25) is 0 Å². The molecule has 0 amide bonds. The fraction of sp³-hybridized carbons (Fsp3) is 1.00. The predicted molar refractivity (Wildman–Crippen MR) is 46.1 cm³/mol. The third kappa shape index (κ3) is 22300. The molecule has 86 valence electrons. The SMILES string of the molecule is CC(C)[O-].CC(C)[O-].CC(C)[O-].[O]=[V+3]. The molecule has 0 aromatic heterocycles. The van der Waals surface area contributed by atoms with Crippen LogP contribution in [0.3, 0.4) is 0 Å². The average molecular weight is 244 g/mol. The van der Waals surface area contributed by atoms with E-state index >= 15 is 0 Å². The summed E-state index contributed by atoms with van der Waals surface area (Å²) >= 11 is 1.06. The van der Waals surface area contributed by atoms with E-state index in [1.807, 2.05) is 0 Å². The van der Waals surface area contributed by atoms with Gasteiger partial charge >= 0.3 is 21.0 Å². The van der Waals surface area contributed by atoms with Gasteiger partial charge in [0.15, 0.2) is 0 Å². The van der Waals surface area contributed by atoms with Crippen molar-refractivity contribution in [1.82, 2.24) is 0 Å². The standard InChI is InChI=1S/3C3H7O.O.V/c3*1-3(2)4;;/h3*3H,1-2H3;;/q3*-1;;+3. The maximum atomic E-state index is 9.53. The molecular weight excluding hydrogens is 223 g/mol. The normalized spacial score (nSPS) is 8.14. The number of hydrogen-bond donors (Lipinski definition) is 0. The monoisotopic (exact) mass is 244 g/mol. The fourth-order valence-electron chi connectivity index (χ4n) is 0. The second kappa shape index (κ2) is 23.2. The second-order valence-corrected chi connectivity index (χ2v) is 3.15. The quantitative estimate of drug-likeness (QED) is 0.555. The fourth-order valence-corrected chi connectivity index (χ4v) is 0. The first kappa shape index (κ1) is 23.8. The van der Waals surface area contributed by atoms with Crippen LogP contribution in [0.5, 0.6) is 0 Å². The number of hydrogen-bond acceptors (Lipinski definition) is 4. The molecular formula is C9H21O4V. The van der Waals surface area contributed by atoms with Crippen LogP contribution in [0.25, 0.3) is 0 Å². The van der Waals surface area contributed by atoms with Crippen molar-refractivity contribution in [3.8, 4) is 0 Å². The number of rotatable bonds is 0. The van der Waals surface area contributed by atoms with E-state index in [4.69, 9.17) is 3.67 Å². The first-order valence-electron chi connectivity index (χ1n) is 4.35. The molecule has 14 heavy (non-hydrogen) atoms. The van der Waals surface area contributed by atoms with Crippen LogP contribution in [0, 0.1) is 0 Å². The molecule has 0 aliphatic rings. The van der Waals surface area contributed by atoms with Crippen molar-refractivity contribution >= 4 is 0 Å². The molecule has 0 bridgehead atoms. The van der Waals surface area contributed by atoms with E-state index in [-0.39, 0.29) is 0 Å². The van der Waals surface area contributed by atoms with Gasteiger partial charge in [0.05, 0.1) is 0 Å². The van der Waals surface area contributed by atoms with E-state index < -0.39 is 18.3 Å². The van der Waals surface area contributed by atoms with Gasteiger partial charge in [-0.05, 0) is 0 Å². The van der Waals surface area contributed by atoms with Gasteiger partial charge in [-0.25, -0.2) is 0 Å². The zero-order chi connectivity index (χ0) is 12.7. The molecule has 0 aliphatic carbocycles. The zero-order valence-electron chi connectivity index (χ0n) is 9.81. The van der Waals surface area contributed by atoms with Crippen LogP contribution in [-0.4, -0.2) is 18.3 Å². The molecule has 0 radical (unpaired) electrons. The van der Waals surface area contributed by atoms with Gasteiger partial charge in [-0.2, -0.15) is 0 Å². The third-order valence-corrected chi connectivity index (χ3v) is 0. The average Bonchev–Trinajstić information content (AvgIpc) is 1.86.